The van der Waals surface area contributed by atoms with Gasteiger partial charge in [0, 0.05) is 38.8 Å². The minimum absolute atomic E-state index is 0.0105. The molecule has 0 aromatic heterocycles. The van der Waals surface area contributed by atoms with Gasteiger partial charge in [0.25, 0.3) is 11.8 Å². The van der Waals surface area contributed by atoms with Gasteiger partial charge in [-0.3, -0.25) is 14.4 Å². The SMILES string of the molecule is C[C@@H]1O[C@@H](OCCCN(CCCO[C@@H]2O[C@@H](C)[C@@H](O)[C@@H](O)[C@@H]2O)C(=O)CCCCC(=O)ON2C(=O)CCC2=O)[C@@H](O)[C@H](O)[C@@H]1O. The zero-order chi connectivity index (χ0) is 33.3. The van der Waals surface area contributed by atoms with Crippen molar-refractivity contribution in [2.24, 2.45) is 0 Å². The third kappa shape index (κ3) is 10.3. The van der Waals surface area contributed by atoms with E-state index in [1.54, 1.807) is 4.90 Å². The molecule has 3 fully saturated rings. The highest BCUT2D eigenvalue weighted by Gasteiger charge is 2.43. The van der Waals surface area contributed by atoms with Crippen LogP contribution >= 0.6 is 0 Å². The zero-order valence-electron chi connectivity index (χ0n) is 25.5. The summed E-state index contributed by atoms with van der Waals surface area (Å²) < 4.78 is 22.0. The smallest absolute Gasteiger partial charge is 0.333 e. The monoisotopic (exact) mass is 650 g/mol. The molecule has 0 aromatic rings. The van der Waals surface area contributed by atoms with Crippen molar-refractivity contribution in [2.45, 2.75) is 127 Å². The van der Waals surface area contributed by atoms with Gasteiger partial charge in [-0.15, -0.1) is 5.06 Å². The standard InChI is InChI=1S/C28H46N2O15/c1-15-21(35)23(37)25(39)27(43-15)41-13-5-11-29(12-6-14-42-28-26(40)24(38)22(36)16(2)44-28)17(31)7-3-4-8-20(34)45-30-18(32)9-10-19(30)33/h15-16,21-28,35-40H,3-14H2,1-2H3/t15-,16-,21+,22+,23+,24+,25-,26-,27+,28+/m0/s1. The van der Waals surface area contributed by atoms with E-state index >= 15 is 0 Å². The predicted octanol–water partition coefficient (Wildman–Crippen LogP) is -2.55. The first kappa shape index (κ1) is 37.1. The van der Waals surface area contributed by atoms with Crippen LogP contribution in [-0.2, 0) is 43.0 Å². The van der Waals surface area contributed by atoms with Gasteiger partial charge in [-0.05, 0) is 39.5 Å². The number of aliphatic hydroxyl groups excluding tert-OH is 6. The molecule has 3 amide bonds. The number of imide groups is 1. The topological polar surface area (TPSA) is 242 Å². The Balaban J connectivity index is 1.45. The fourth-order valence-corrected chi connectivity index (χ4v) is 5.08. The second kappa shape index (κ2) is 17.6. The molecule has 3 aliphatic heterocycles. The second-order valence-corrected chi connectivity index (χ2v) is 11.4. The van der Waals surface area contributed by atoms with Crippen LogP contribution in [0.5, 0.6) is 0 Å². The van der Waals surface area contributed by atoms with Gasteiger partial charge in [0.2, 0.25) is 5.91 Å². The normalized spacial score (nSPS) is 33.8. The van der Waals surface area contributed by atoms with Crippen LogP contribution in [0.2, 0.25) is 0 Å². The summed E-state index contributed by atoms with van der Waals surface area (Å²) in [5.74, 6) is -2.15. The van der Waals surface area contributed by atoms with Crippen LogP contribution in [-0.4, -0.2) is 152 Å². The number of ether oxygens (including phenoxy) is 4. The fourth-order valence-electron chi connectivity index (χ4n) is 5.08. The molecule has 17 nitrogen and oxygen atoms in total. The lowest BCUT2D eigenvalue weighted by Crippen LogP contribution is -2.57. The maximum absolute atomic E-state index is 13.1. The first-order valence-corrected chi connectivity index (χ1v) is 15.3. The van der Waals surface area contributed by atoms with E-state index in [9.17, 15) is 49.8 Å². The van der Waals surface area contributed by atoms with E-state index in [1.807, 2.05) is 0 Å². The maximum atomic E-state index is 13.1. The van der Waals surface area contributed by atoms with Crippen LogP contribution in [0.4, 0.5) is 0 Å². The van der Waals surface area contributed by atoms with Crippen LogP contribution in [0, 0.1) is 0 Å². The Kier molecular flexibility index (Phi) is 14.5. The van der Waals surface area contributed by atoms with Gasteiger partial charge in [0.15, 0.2) is 12.6 Å². The van der Waals surface area contributed by atoms with Crippen molar-refractivity contribution >= 4 is 23.7 Å². The van der Waals surface area contributed by atoms with Crippen molar-refractivity contribution < 1.29 is 73.6 Å². The van der Waals surface area contributed by atoms with Crippen molar-refractivity contribution in [3.8, 4) is 0 Å². The van der Waals surface area contributed by atoms with Gasteiger partial charge < -0.3 is 59.3 Å². The highest BCUT2D eigenvalue weighted by Crippen LogP contribution is 2.23. The number of hydrogen-bond donors (Lipinski definition) is 6. The minimum atomic E-state index is -1.46. The molecule has 0 radical (unpaired) electrons. The lowest BCUT2D eigenvalue weighted by Gasteiger charge is -2.39. The Morgan fingerprint density at radius 1 is 0.711 bits per heavy atom. The molecule has 0 bridgehead atoms. The van der Waals surface area contributed by atoms with Crippen molar-refractivity contribution in [1.82, 2.24) is 9.96 Å². The summed E-state index contributed by atoms with van der Waals surface area (Å²) in [5.41, 5.74) is 0. The molecule has 3 saturated heterocycles. The Morgan fingerprint density at radius 2 is 1.16 bits per heavy atom. The van der Waals surface area contributed by atoms with Gasteiger partial charge in [0.05, 0.1) is 25.4 Å². The molecule has 0 unspecified atom stereocenters. The summed E-state index contributed by atoms with van der Waals surface area (Å²) in [7, 11) is 0. The van der Waals surface area contributed by atoms with Gasteiger partial charge >= 0.3 is 5.97 Å². The van der Waals surface area contributed by atoms with Crippen LogP contribution in [0.3, 0.4) is 0 Å². The quantitative estimate of drug-likeness (QED) is 0.0744. The Hall–Kier alpha value is -2.32. The lowest BCUT2D eigenvalue weighted by molar-refractivity contribution is -0.293. The molecule has 3 heterocycles. The maximum Gasteiger partial charge on any atom is 0.333 e. The lowest BCUT2D eigenvalue weighted by atomic mass is 10.0. The van der Waals surface area contributed by atoms with Gasteiger partial charge in [0.1, 0.15) is 36.6 Å². The zero-order valence-corrected chi connectivity index (χ0v) is 25.5. The number of nitrogens with zero attached hydrogens (tertiary/aromatic N) is 2. The third-order valence-corrected chi connectivity index (χ3v) is 7.90. The largest absolute Gasteiger partial charge is 0.388 e. The minimum Gasteiger partial charge on any atom is -0.388 e. The molecule has 6 N–H and O–H groups in total. The summed E-state index contributed by atoms with van der Waals surface area (Å²) in [4.78, 5) is 54.7. The molecule has 10 atom stereocenters. The summed E-state index contributed by atoms with van der Waals surface area (Å²) >= 11 is 0. The Morgan fingerprint density at radius 3 is 1.62 bits per heavy atom. The number of unbranched alkanes of at least 4 members (excludes halogenated alkanes) is 1. The van der Waals surface area contributed by atoms with Crippen molar-refractivity contribution in [2.75, 3.05) is 26.3 Å². The first-order valence-electron chi connectivity index (χ1n) is 15.3. The summed E-state index contributed by atoms with van der Waals surface area (Å²) in [6.07, 6.45) is -11.0. The van der Waals surface area contributed by atoms with Crippen molar-refractivity contribution in [3.05, 3.63) is 0 Å². The number of carbonyl (C=O) groups is 4. The molecule has 0 spiro atoms. The van der Waals surface area contributed by atoms with E-state index in [2.05, 4.69) is 0 Å². The fraction of sp³-hybridized carbons (Fsp3) is 0.857. The number of hydrogen-bond acceptors (Lipinski definition) is 15. The third-order valence-electron chi connectivity index (χ3n) is 7.90. The molecular formula is C28H46N2O15. The molecule has 45 heavy (non-hydrogen) atoms. The summed E-state index contributed by atoms with van der Waals surface area (Å²) in [6.45, 7) is 3.63. The molecule has 17 heteroatoms. The molecule has 258 valence electrons. The van der Waals surface area contributed by atoms with Crippen molar-refractivity contribution in [1.29, 1.82) is 0 Å². The van der Waals surface area contributed by atoms with Crippen LogP contribution in [0.15, 0.2) is 0 Å². The van der Waals surface area contributed by atoms with Crippen LogP contribution in [0.25, 0.3) is 0 Å². The average molecular weight is 651 g/mol. The highest BCUT2D eigenvalue weighted by molar-refractivity contribution is 6.01. The van der Waals surface area contributed by atoms with Crippen LogP contribution < -0.4 is 0 Å². The second-order valence-electron chi connectivity index (χ2n) is 11.4. The van der Waals surface area contributed by atoms with E-state index in [0.29, 0.717) is 24.3 Å². The first-order chi connectivity index (χ1) is 21.3. The molecule has 3 aliphatic rings. The molecular weight excluding hydrogens is 604 g/mol. The molecule has 3 rings (SSSR count). The van der Waals surface area contributed by atoms with Gasteiger partial charge in [-0.1, -0.05) is 0 Å². The summed E-state index contributed by atoms with van der Waals surface area (Å²) in [5, 5.41) is 60.4. The van der Waals surface area contributed by atoms with Crippen LogP contribution in [0.1, 0.15) is 65.2 Å². The van der Waals surface area contributed by atoms with E-state index in [-0.39, 0.29) is 64.3 Å². The Bertz CT molecular complexity index is 943. The molecule has 0 saturated carbocycles. The number of amides is 3. The van der Waals surface area contributed by atoms with Gasteiger partial charge in [-0.25, -0.2) is 4.79 Å². The summed E-state index contributed by atoms with van der Waals surface area (Å²) in [6, 6.07) is 0. The average Bonchev–Trinajstić information content (AvgIpc) is 3.32. The molecule has 0 aliphatic carbocycles. The number of hydroxylamine groups is 2. The molecule has 0 aromatic carbocycles. The number of carbonyl (C=O) groups excluding carboxylic acids is 4. The predicted molar refractivity (Wildman–Crippen MR) is 148 cm³/mol. The van der Waals surface area contributed by atoms with E-state index in [1.165, 1.54) is 13.8 Å². The van der Waals surface area contributed by atoms with Gasteiger partial charge in [-0.2, -0.15) is 0 Å². The highest BCUT2D eigenvalue weighted by atomic mass is 16.7. The van der Waals surface area contributed by atoms with E-state index in [0.717, 1.165) is 0 Å². The van der Waals surface area contributed by atoms with Crippen molar-refractivity contribution in [3.63, 3.8) is 0 Å². The number of aliphatic hydroxyl groups is 6. The van der Waals surface area contributed by atoms with E-state index in [4.69, 9.17) is 23.8 Å². The Labute approximate surface area is 260 Å². The van der Waals surface area contributed by atoms with E-state index < -0.39 is 79.2 Å². The number of rotatable bonds is 16.